The molecule has 3 N–H and O–H groups in total. The van der Waals surface area contributed by atoms with Gasteiger partial charge in [0.25, 0.3) is 5.91 Å². The standard InChI is InChI=1S/C20H29F3N4O5S/c21-20(22,23)13-24-33(31,32)26-18(30)19-12-14(19)8-5-3-1-2-4-6-10-16(28)27-11-7-9-15(27)17(29)25-19/h5,8,14-15,24H,1-4,6-7,9-13H2,(H,25,29)(H,26,30)/b8-5-/t14-,15?,19+/m0/s1. The molecule has 0 bridgehead atoms. The number of amides is 3. The van der Waals surface area contributed by atoms with Crippen LogP contribution < -0.4 is 14.8 Å². The van der Waals surface area contributed by atoms with Gasteiger partial charge >= 0.3 is 16.4 Å². The van der Waals surface area contributed by atoms with E-state index in [-0.39, 0.29) is 12.3 Å². The topological polar surface area (TPSA) is 125 Å². The normalized spacial score (nSPS) is 30.3. The van der Waals surface area contributed by atoms with E-state index in [9.17, 15) is 36.0 Å². The molecule has 186 valence electrons. The number of carbonyl (C=O) groups is 3. The Kier molecular flexibility index (Phi) is 7.72. The predicted molar refractivity (Wildman–Crippen MR) is 112 cm³/mol. The number of rotatable bonds is 4. The average molecular weight is 495 g/mol. The second-order valence-electron chi connectivity index (χ2n) is 8.77. The zero-order valence-corrected chi connectivity index (χ0v) is 18.9. The molecule has 2 fully saturated rings. The summed E-state index contributed by atoms with van der Waals surface area (Å²) in [6, 6.07) is -0.766. The monoisotopic (exact) mass is 494 g/mol. The molecule has 0 aromatic carbocycles. The average Bonchev–Trinajstić information content (AvgIpc) is 3.18. The molecule has 0 spiro atoms. The van der Waals surface area contributed by atoms with Crippen LogP contribution in [0, 0.1) is 5.92 Å². The number of hydrogen-bond donors (Lipinski definition) is 3. The molecule has 1 saturated heterocycles. The van der Waals surface area contributed by atoms with Gasteiger partial charge in [-0.15, -0.1) is 0 Å². The summed E-state index contributed by atoms with van der Waals surface area (Å²) in [5, 5.41) is 2.61. The molecule has 1 saturated carbocycles. The Labute approximate surface area is 190 Å². The summed E-state index contributed by atoms with van der Waals surface area (Å²) in [7, 11) is -4.79. The molecule has 2 heterocycles. The summed E-state index contributed by atoms with van der Waals surface area (Å²) in [4.78, 5) is 40.0. The van der Waals surface area contributed by atoms with Crippen LogP contribution in [0.5, 0.6) is 0 Å². The molecule has 1 aliphatic carbocycles. The maximum absolute atomic E-state index is 13.0. The first-order chi connectivity index (χ1) is 15.4. The van der Waals surface area contributed by atoms with E-state index in [4.69, 9.17) is 0 Å². The summed E-state index contributed by atoms with van der Waals surface area (Å²) in [5.41, 5.74) is -1.60. The van der Waals surface area contributed by atoms with Gasteiger partial charge in [0.2, 0.25) is 11.8 Å². The van der Waals surface area contributed by atoms with Crippen LogP contribution in [0.2, 0.25) is 0 Å². The number of alkyl halides is 3. The molecule has 0 aromatic rings. The van der Waals surface area contributed by atoms with Crippen molar-refractivity contribution in [2.75, 3.05) is 13.1 Å². The minimum absolute atomic E-state index is 0.108. The first kappa shape index (κ1) is 25.5. The van der Waals surface area contributed by atoms with Gasteiger partial charge in [0, 0.05) is 18.9 Å². The summed E-state index contributed by atoms with van der Waals surface area (Å²) >= 11 is 0. The predicted octanol–water partition coefficient (Wildman–Crippen LogP) is 1.28. The summed E-state index contributed by atoms with van der Waals surface area (Å²) < 4.78 is 64.0. The molecule has 3 rings (SSSR count). The van der Waals surface area contributed by atoms with E-state index in [1.165, 1.54) is 9.62 Å². The van der Waals surface area contributed by atoms with Crippen molar-refractivity contribution in [2.45, 2.75) is 75.5 Å². The van der Waals surface area contributed by atoms with Crippen molar-refractivity contribution in [3.8, 4) is 0 Å². The Morgan fingerprint density at radius 3 is 2.64 bits per heavy atom. The maximum atomic E-state index is 13.0. The Morgan fingerprint density at radius 1 is 1.18 bits per heavy atom. The van der Waals surface area contributed by atoms with Crippen LogP contribution in [-0.2, 0) is 24.6 Å². The zero-order valence-electron chi connectivity index (χ0n) is 18.1. The lowest BCUT2D eigenvalue weighted by Crippen LogP contribution is -2.57. The number of hydrogen-bond acceptors (Lipinski definition) is 5. The molecule has 33 heavy (non-hydrogen) atoms. The Balaban J connectivity index is 1.78. The zero-order chi connectivity index (χ0) is 24.3. The number of fused-ring (bicyclic) bond motifs is 2. The van der Waals surface area contributed by atoms with Crippen LogP contribution in [-0.4, -0.2) is 61.9 Å². The van der Waals surface area contributed by atoms with Crippen molar-refractivity contribution in [1.29, 1.82) is 0 Å². The van der Waals surface area contributed by atoms with Crippen LogP contribution in [0.15, 0.2) is 12.2 Å². The number of halogens is 3. The highest BCUT2D eigenvalue weighted by atomic mass is 32.2. The van der Waals surface area contributed by atoms with E-state index in [0.29, 0.717) is 25.8 Å². The van der Waals surface area contributed by atoms with E-state index < -0.39 is 52.2 Å². The molecular formula is C20H29F3N4O5S. The fourth-order valence-corrected chi connectivity index (χ4v) is 5.20. The highest BCUT2D eigenvalue weighted by Gasteiger charge is 2.61. The molecule has 0 radical (unpaired) electrons. The quantitative estimate of drug-likeness (QED) is 0.508. The maximum Gasteiger partial charge on any atom is 0.402 e. The smallest absolute Gasteiger partial charge is 0.339 e. The van der Waals surface area contributed by atoms with E-state index in [0.717, 1.165) is 32.1 Å². The molecule has 2 aliphatic heterocycles. The largest absolute Gasteiger partial charge is 0.402 e. The summed E-state index contributed by atoms with van der Waals surface area (Å²) in [6.45, 7) is -1.41. The molecule has 0 aromatic heterocycles. The van der Waals surface area contributed by atoms with Gasteiger partial charge in [0.15, 0.2) is 0 Å². The van der Waals surface area contributed by atoms with Crippen LogP contribution in [0.4, 0.5) is 13.2 Å². The van der Waals surface area contributed by atoms with Gasteiger partial charge < -0.3 is 10.2 Å². The van der Waals surface area contributed by atoms with Crippen LogP contribution in [0.3, 0.4) is 0 Å². The van der Waals surface area contributed by atoms with Crippen molar-refractivity contribution in [3.05, 3.63) is 12.2 Å². The lowest BCUT2D eigenvalue weighted by molar-refractivity contribution is -0.139. The minimum atomic E-state index is -4.79. The molecular weight excluding hydrogens is 465 g/mol. The lowest BCUT2D eigenvalue weighted by atomic mass is 10.1. The number of nitrogens with one attached hydrogen (secondary N) is 3. The Hall–Kier alpha value is -2.15. The van der Waals surface area contributed by atoms with Crippen molar-refractivity contribution >= 4 is 27.9 Å². The summed E-state index contributed by atoms with van der Waals surface area (Å²) in [5.74, 6) is -2.32. The van der Waals surface area contributed by atoms with Crippen LogP contribution >= 0.6 is 0 Å². The third kappa shape index (κ3) is 6.69. The van der Waals surface area contributed by atoms with Gasteiger partial charge in [-0.3, -0.25) is 14.4 Å². The van der Waals surface area contributed by atoms with Gasteiger partial charge in [-0.05, 0) is 38.5 Å². The highest BCUT2D eigenvalue weighted by Crippen LogP contribution is 2.45. The number of carbonyl (C=O) groups excluding carboxylic acids is 3. The minimum Gasteiger partial charge on any atom is -0.339 e. The molecule has 1 unspecified atom stereocenters. The number of nitrogens with zero attached hydrogens (tertiary/aromatic N) is 1. The molecule has 3 amide bonds. The van der Waals surface area contributed by atoms with Crippen LogP contribution in [0.25, 0.3) is 0 Å². The third-order valence-electron chi connectivity index (χ3n) is 6.21. The second kappa shape index (κ2) is 10.00. The van der Waals surface area contributed by atoms with Gasteiger partial charge in [-0.25, -0.2) is 4.72 Å². The van der Waals surface area contributed by atoms with Gasteiger partial charge in [0.1, 0.15) is 18.1 Å². The van der Waals surface area contributed by atoms with Crippen molar-refractivity contribution in [2.24, 2.45) is 5.92 Å². The number of allylic oxidation sites excluding steroid dienone is 1. The first-order valence-corrected chi connectivity index (χ1v) is 12.6. The first-order valence-electron chi connectivity index (χ1n) is 11.1. The fourth-order valence-electron chi connectivity index (χ4n) is 4.34. The van der Waals surface area contributed by atoms with Crippen molar-refractivity contribution < 1.29 is 36.0 Å². The molecule has 9 nitrogen and oxygen atoms in total. The fraction of sp³-hybridized carbons (Fsp3) is 0.750. The van der Waals surface area contributed by atoms with Crippen LogP contribution in [0.1, 0.15) is 57.8 Å². The summed E-state index contributed by atoms with van der Waals surface area (Å²) in [6.07, 6.45) is 4.42. The van der Waals surface area contributed by atoms with Gasteiger partial charge in [0.05, 0.1) is 0 Å². The Morgan fingerprint density at radius 2 is 1.91 bits per heavy atom. The van der Waals surface area contributed by atoms with Crippen molar-refractivity contribution in [3.63, 3.8) is 0 Å². The van der Waals surface area contributed by atoms with Gasteiger partial charge in [-0.2, -0.15) is 26.3 Å². The SMILES string of the molecule is O=C1N[C@]2(C(=O)NS(=O)(=O)NCC(F)(F)F)C[C@@H]2/C=C\CCCCCCC(=O)N2CCCC12. The Bertz CT molecular complexity index is 908. The van der Waals surface area contributed by atoms with E-state index in [1.54, 1.807) is 10.8 Å². The molecule has 3 aliphatic rings. The third-order valence-corrected chi connectivity index (χ3v) is 7.19. The van der Waals surface area contributed by atoms with E-state index >= 15 is 0 Å². The van der Waals surface area contributed by atoms with Gasteiger partial charge in [-0.1, -0.05) is 25.0 Å². The molecule has 3 atom stereocenters. The van der Waals surface area contributed by atoms with Crippen molar-refractivity contribution in [1.82, 2.24) is 19.7 Å². The van der Waals surface area contributed by atoms with E-state index in [1.807, 2.05) is 6.08 Å². The highest BCUT2D eigenvalue weighted by molar-refractivity contribution is 7.88. The molecule has 13 heteroatoms. The lowest BCUT2D eigenvalue weighted by Gasteiger charge is -2.27. The van der Waals surface area contributed by atoms with E-state index in [2.05, 4.69) is 5.32 Å². The second-order valence-corrected chi connectivity index (χ2v) is 10.3.